The Morgan fingerprint density at radius 1 is 1.44 bits per heavy atom. The normalized spacial score (nSPS) is 22.6. The molecule has 1 fully saturated rings. The second-order valence-electron chi connectivity index (χ2n) is 5.82. The zero-order valence-electron chi connectivity index (χ0n) is 10.8. The van der Waals surface area contributed by atoms with Crippen LogP contribution in [-0.2, 0) is 4.79 Å². The molecular weight excluding hydrogens is 204 g/mol. The Morgan fingerprint density at radius 2 is 2.00 bits per heavy atom. The monoisotopic (exact) mass is 228 g/mol. The Morgan fingerprint density at radius 3 is 2.44 bits per heavy atom. The maximum Gasteiger partial charge on any atom is 0.230 e. The summed E-state index contributed by atoms with van der Waals surface area (Å²) in [7, 11) is 0. The van der Waals surface area contributed by atoms with Crippen LogP contribution in [0.15, 0.2) is 0 Å². The smallest absolute Gasteiger partial charge is 0.230 e. The molecule has 1 rings (SSSR count). The van der Waals surface area contributed by atoms with Crippen LogP contribution >= 0.6 is 0 Å². The van der Waals surface area contributed by atoms with Crippen LogP contribution in [0.5, 0.6) is 0 Å². The van der Waals surface area contributed by atoms with Crippen molar-refractivity contribution in [2.75, 3.05) is 13.2 Å². The third kappa shape index (κ3) is 2.23. The van der Waals surface area contributed by atoms with Crippen LogP contribution in [0.25, 0.3) is 0 Å². The van der Waals surface area contributed by atoms with Crippen LogP contribution in [0.1, 0.15) is 40.5 Å². The highest BCUT2D eigenvalue weighted by atomic mass is 16.3. The molecule has 0 aliphatic carbocycles. The minimum Gasteiger partial charge on any atom is -0.394 e. The molecule has 4 nitrogen and oxygen atoms in total. The number of amides is 1. The van der Waals surface area contributed by atoms with Gasteiger partial charge < -0.3 is 15.7 Å². The lowest BCUT2D eigenvalue weighted by Crippen LogP contribution is -2.57. The Labute approximate surface area is 97.8 Å². The predicted molar refractivity (Wildman–Crippen MR) is 63.9 cm³/mol. The number of aliphatic hydroxyl groups is 1. The number of hydrogen-bond acceptors (Lipinski definition) is 3. The van der Waals surface area contributed by atoms with Gasteiger partial charge in [0.1, 0.15) is 0 Å². The van der Waals surface area contributed by atoms with Gasteiger partial charge in [-0.2, -0.15) is 0 Å². The summed E-state index contributed by atoms with van der Waals surface area (Å²) in [6.07, 6.45) is 1.86. The minimum absolute atomic E-state index is 0.0193. The maximum atomic E-state index is 12.4. The van der Waals surface area contributed by atoms with Crippen molar-refractivity contribution in [1.82, 2.24) is 4.90 Å². The molecule has 0 aromatic carbocycles. The van der Waals surface area contributed by atoms with Crippen molar-refractivity contribution in [3.8, 4) is 0 Å². The largest absolute Gasteiger partial charge is 0.394 e. The molecule has 0 unspecified atom stereocenters. The van der Waals surface area contributed by atoms with E-state index in [0.29, 0.717) is 0 Å². The molecule has 1 aliphatic rings. The van der Waals surface area contributed by atoms with Gasteiger partial charge in [0, 0.05) is 12.1 Å². The average Bonchev–Trinajstić information content (AvgIpc) is 2.62. The van der Waals surface area contributed by atoms with Gasteiger partial charge in [0.2, 0.25) is 5.91 Å². The number of nitrogens with zero attached hydrogens (tertiary/aromatic N) is 1. The molecule has 0 aromatic rings. The van der Waals surface area contributed by atoms with Gasteiger partial charge >= 0.3 is 0 Å². The fourth-order valence-corrected chi connectivity index (χ4v) is 1.93. The molecular formula is C12H24N2O2. The third-order valence-electron chi connectivity index (χ3n) is 3.99. The number of rotatable bonds is 3. The van der Waals surface area contributed by atoms with Crippen molar-refractivity contribution in [2.45, 2.75) is 52.1 Å². The summed E-state index contributed by atoms with van der Waals surface area (Å²) in [5, 5.41) is 9.23. The molecule has 16 heavy (non-hydrogen) atoms. The molecule has 1 amide bonds. The molecule has 0 aromatic heterocycles. The van der Waals surface area contributed by atoms with E-state index in [4.69, 9.17) is 5.73 Å². The van der Waals surface area contributed by atoms with Gasteiger partial charge in [-0.3, -0.25) is 4.79 Å². The standard InChI is InChI=1S/C12H24N2O2/c1-11(2,12(3,4)13)10(16)14-7-5-6-9(14)8-15/h9,15H,5-8,13H2,1-4H3/t9-/m1/s1. The molecule has 0 radical (unpaired) electrons. The van der Waals surface area contributed by atoms with E-state index >= 15 is 0 Å². The quantitative estimate of drug-likeness (QED) is 0.748. The molecule has 1 aliphatic heterocycles. The Bertz CT molecular complexity index is 269. The van der Waals surface area contributed by atoms with E-state index in [-0.39, 0.29) is 18.6 Å². The summed E-state index contributed by atoms with van der Waals surface area (Å²) >= 11 is 0. The maximum absolute atomic E-state index is 12.4. The number of likely N-dealkylation sites (tertiary alicyclic amines) is 1. The topological polar surface area (TPSA) is 66.6 Å². The summed E-state index contributed by atoms with van der Waals surface area (Å²) in [6, 6.07) is -0.0193. The van der Waals surface area contributed by atoms with Crippen molar-refractivity contribution >= 4 is 5.91 Å². The number of nitrogens with two attached hydrogens (primary N) is 1. The summed E-state index contributed by atoms with van der Waals surface area (Å²) in [5.74, 6) is 0.0524. The fraction of sp³-hybridized carbons (Fsp3) is 0.917. The van der Waals surface area contributed by atoms with Gasteiger partial charge in [-0.15, -0.1) is 0 Å². The average molecular weight is 228 g/mol. The lowest BCUT2D eigenvalue weighted by molar-refractivity contribution is -0.145. The van der Waals surface area contributed by atoms with Crippen molar-refractivity contribution in [1.29, 1.82) is 0 Å². The molecule has 1 heterocycles. The van der Waals surface area contributed by atoms with Crippen LogP contribution in [-0.4, -0.2) is 40.6 Å². The molecule has 4 heteroatoms. The molecule has 0 bridgehead atoms. The van der Waals surface area contributed by atoms with E-state index in [1.54, 1.807) is 4.90 Å². The lowest BCUT2D eigenvalue weighted by Gasteiger charge is -2.41. The van der Waals surface area contributed by atoms with E-state index in [2.05, 4.69) is 0 Å². The first-order valence-corrected chi connectivity index (χ1v) is 5.92. The van der Waals surface area contributed by atoms with Gasteiger partial charge in [-0.25, -0.2) is 0 Å². The number of hydrogen-bond donors (Lipinski definition) is 2. The van der Waals surface area contributed by atoms with E-state index in [1.807, 2.05) is 27.7 Å². The fourth-order valence-electron chi connectivity index (χ4n) is 1.93. The van der Waals surface area contributed by atoms with Gasteiger partial charge in [0.15, 0.2) is 0 Å². The zero-order chi connectivity index (χ0) is 12.6. The Kier molecular flexibility index (Phi) is 3.65. The molecule has 1 saturated heterocycles. The minimum atomic E-state index is -0.606. The highest BCUT2D eigenvalue weighted by molar-refractivity contribution is 5.84. The van der Waals surface area contributed by atoms with Crippen LogP contribution < -0.4 is 5.73 Å². The van der Waals surface area contributed by atoms with Crippen molar-refractivity contribution in [2.24, 2.45) is 11.1 Å². The predicted octanol–water partition coefficient (Wildman–Crippen LogP) is 0.733. The molecule has 0 saturated carbocycles. The summed E-state index contributed by atoms with van der Waals surface area (Å²) in [5.41, 5.74) is 4.89. The Hall–Kier alpha value is -0.610. The number of carbonyl (C=O) groups is 1. The SMILES string of the molecule is CC(C)(N)C(C)(C)C(=O)N1CCC[C@@H]1CO. The number of aliphatic hydroxyl groups excluding tert-OH is 1. The van der Waals surface area contributed by atoms with E-state index in [9.17, 15) is 9.90 Å². The van der Waals surface area contributed by atoms with Crippen LogP contribution in [0, 0.1) is 5.41 Å². The molecule has 94 valence electrons. The van der Waals surface area contributed by atoms with Gasteiger partial charge in [0.05, 0.1) is 18.1 Å². The van der Waals surface area contributed by atoms with Crippen molar-refractivity contribution < 1.29 is 9.90 Å². The van der Waals surface area contributed by atoms with Gasteiger partial charge in [-0.05, 0) is 40.5 Å². The molecule has 0 spiro atoms. The highest BCUT2D eigenvalue weighted by Crippen LogP contribution is 2.33. The second kappa shape index (κ2) is 4.34. The Balaban J connectivity index is 2.85. The third-order valence-corrected chi connectivity index (χ3v) is 3.99. The van der Waals surface area contributed by atoms with E-state index in [1.165, 1.54) is 0 Å². The first-order chi connectivity index (χ1) is 7.21. The summed E-state index contributed by atoms with van der Waals surface area (Å²) in [4.78, 5) is 14.2. The van der Waals surface area contributed by atoms with Crippen LogP contribution in [0.2, 0.25) is 0 Å². The number of carbonyl (C=O) groups excluding carboxylic acids is 1. The van der Waals surface area contributed by atoms with Gasteiger partial charge in [-0.1, -0.05) is 0 Å². The van der Waals surface area contributed by atoms with Crippen LogP contribution in [0.4, 0.5) is 0 Å². The summed E-state index contributed by atoms with van der Waals surface area (Å²) in [6.45, 7) is 8.28. The lowest BCUT2D eigenvalue weighted by atomic mass is 9.74. The first-order valence-electron chi connectivity index (χ1n) is 5.92. The van der Waals surface area contributed by atoms with Gasteiger partial charge in [0.25, 0.3) is 0 Å². The van der Waals surface area contributed by atoms with Crippen molar-refractivity contribution in [3.63, 3.8) is 0 Å². The highest BCUT2D eigenvalue weighted by Gasteiger charge is 2.45. The summed E-state index contributed by atoms with van der Waals surface area (Å²) < 4.78 is 0. The molecule has 3 N–H and O–H groups in total. The first kappa shape index (κ1) is 13.5. The van der Waals surface area contributed by atoms with E-state index < -0.39 is 11.0 Å². The van der Waals surface area contributed by atoms with Crippen molar-refractivity contribution in [3.05, 3.63) is 0 Å². The molecule has 1 atom stereocenters. The second-order valence-corrected chi connectivity index (χ2v) is 5.82. The van der Waals surface area contributed by atoms with Crippen LogP contribution in [0.3, 0.4) is 0 Å². The van der Waals surface area contributed by atoms with E-state index in [0.717, 1.165) is 19.4 Å². The zero-order valence-corrected chi connectivity index (χ0v) is 10.8.